The van der Waals surface area contributed by atoms with Crippen LogP contribution in [-0.2, 0) is 4.79 Å². The van der Waals surface area contributed by atoms with Crippen LogP contribution in [0.4, 0.5) is 10.1 Å². The van der Waals surface area contributed by atoms with Crippen molar-refractivity contribution in [2.45, 2.75) is 18.7 Å². The molecule has 4 nitrogen and oxygen atoms in total. The number of carbonyl (C=O) groups is 1. The molecule has 0 unspecified atom stereocenters. The van der Waals surface area contributed by atoms with Crippen LogP contribution in [0.2, 0.25) is 5.02 Å². The van der Waals surface area contributed by atoms with Crippen LogP contribution in [0.3, 0.4) is 0 Å². The van der Waals surface area contributed by atoms with Gasteiger partial charge in [-0.3, -0.25) is 15.6 Å². The van der Waals surface area contributed by atoms with Gasteiger partial charge in [-0.15, -0.1) is 11.8 Å². The fourth-order valence-corrected chi connectivity index (χ4v) is 3.35. The lowest BCUT2D eigenvalue weighted by Gasteiger charge is -2.15. The van der Waals surface area contributed by atoms with Gasteiger partial charge in [0.2, 0.25) is 5.91 Å². The summed E-state index contributed by atoms with van der Waals surface area (Å²) in [5, 5.41) is 3.70. The molecule has 132 valence electrons. The van der Waals surface area contributed by atoms with Gasteiger partial charge in [0, 0.05) is 4.90 Å². The lowest BCUT2D eigenvalue weighted by atomic mass is 10.1. The number of amides is 1. The number of thiocarbonyl (C=S) groups is 1. The normalized spacial score (nSPS) is 10.2. The maximum absolute atomic E-state index is 13.5. The minimum Gasteiger partial charge on any atom is -0.330 e. The minimum absolute atomic E-state index is 0.0564. The summed E-state index contributed by atoms with van der Waals surface area (Å²) in [4.78, 5) is 12.2. The standard InChI is InChI=1S/C17H17ClFN3OS2/c1-10-7-11(2)16(12(18)8-10)20-17(24)22-21-15(23)9-25-14-6-4-3-5-13(14)19/h3-8H,9H2,1-2H3,(H,21,23)(H2,20,22,24). The molecule has 1 amide bonds. The second-order valence-electron chi connectivity index (χ2n) is 5.29. The highest BCUT2D eigenvalue weighted by Crippen LogP contribution is 2.27. The molecule has 0 atom stereocenters. The Morgan fingerprint density at radius 1 is 1.24 bits per heavy atom. The average molecular weight is 398 g/mol. The molecule has 0 heterocycles. The highest BCUT2D eigenvalue weighted by Gasteiger charge is 2.09. The maximum Gasteiger partial charge on any atom is 0.248 e. The van der Waals surface area contributed by atoms with Crippen molar-refractivity contribution in [2.24, 2.45) is 0 Å². The summed E-state index contributed by atoms with van der Waals surface area (Å²) < 4.78 is 13.5. The molecule has 2 aromatic carbocycles. The molecule has 2 rings (SSSR count). The second kappa shape index (κ2) is 9.03. The Balaban J connectivity index is 1.82. The molecule has 8 heteroatoms. The smallest absolute Gasteiger partial charge is 0.248 e. The second-order valence-corrected chi connectivity index (χ2v) is 7.12. The predicted molar refractivity (Wildman–Crippen MR) is 106 cm³/mol. The van der Waals surface area contributed by atoms with Gasteiger partial charge in [0.05, 0.1) is 16.5 Å². The number of halogens is 2. The lowest BCUT2D eigenvalue weighted by molar-refractivity contribution is -0.119. The Morgan fingerprint density at radius 2 is 1.96 bits per heavy atom. The quantitative estimate of drug-likeness (QED) is 0.410. The molecule has 25 heavy (non-hydrogen) atoms. The molecule has 3 N–H and O–H groups in total. The van der Waals surface area contributed by atoms with Gasteiger partial charge < -0.3 is 5.32 Å². The van der Waals surface area contributed by atoms with E-state index in [-0.39, 0.29) is 22.6 Å². The van der Waals surface area contributed by atoms with Crippen LogP contribution in [0.15, 0.2) is 41.3 Å². The Bertz CT molecular complexity index is 778. The highest BCUT2D eigenvalue weighted by molar-refractivity contribution is 8.00. The Morgan fingerprint density at radius 3 is 2.64 bits per heavy atom. The van der Waals surface area contributed by atoms with Crippen molar-refractivity contribution in [3.8, 4) is 0 Å². The number of hydrazine groups is 1. The first-order valence-electron chi connectivity index (χ1n) is 7.36. The molecule has 2 aromatic rings. The molecule has 0 bridgehead atoms. The maximum atomic E-state index is 13.5. The molecular formula is C17H17ClFN3OS2. The van der Waals surface area contributed by atoms with Crippen molar-refractivity contribution >= 4 is 52.3 Å². The number of rotatable bonds is 4. The van der Waals surface area contributed by atoms with Gasteiger partial charge in [-0.1, -0.05) is 29.8 Å². The number of benzene rings is 2. The molecule has 0 aliphatic heterocycles. The van der Waals surface area contributed by atoms with Gasteiger partial charge in [-0.05, 0) is 55.4 Å². The third kappa shape index (κ3) is 5.88. The van der Waals surface area contributed by atoms with E-state index < -0.39 is 0 Å². The zero-order valence-corrected chi connectivity index (χ0v) is 16.0. The molecule has 0 saturated heterocycles. The number of nitrogens with one attached hydrogen (secondary N) is 3. The first-order chi connectivity index (χ1) is 11.9. The summed E-state index contributed by atoms with van der Waals surface area (Å²) >= 11 is 12.4. The number of aryl methyl sites for hydroxylation is 2. The minimum atomic E-state index is -0.352. The van der Waals surface area contributed by atoms with Gasteiger partial charge in [0.15, 0.2) is 5.11 Å². The summed E-state index contributed by atoms with van der Waals surface area (Å²) in [6, 6.07) is 10.1. The number of thioether (sulfide) groups is 1. The summed E-state index contributed by atoms with van der Waals surface area (Å²) in [7, 11) is 0. The van der Waals surface area contributed by atoms with Gasteiger partial charge >= 0.3 is 0 Å². The predicted octanol–water partition coefficient (Wildman–Crippen LogP) is 4.21. The summed E-state index contributed by atoms with van der Waals surface area (Å²) in [6.07, 6.45) is 0. The number of hydrogen-bond donors (Lipinski definition) is 3. The zero-order chi connectivity index (χ0) is 18.4. The van der Waals surface area contributed by atoms with E-state index in [0.29, 0.717) is 15.6 Å². The topological polar surface area (TPSA) is 53.2 Å². The highest BCUT2D eigenvalue weighted by atomic mass is 35.5. The Kier molecular flexibility index (Phi) is 7.04. The van der Waals surface area contributed by atoms with Crippen molar-refractivity contribution < 1.29 is 9.18 Å². The van der Waals surface area contributed by atoms with E-state index >= 15 is 0 Å². The van der Waals surface area contributed by atoms with Crippen molar-refractivity contribution in [1.29, 1.82) is 0 Å². The van der Waals surface area contributed by atoms with E-state index in [1.165, 1.54) is 6.07 Å². The van der Waals surface area contributed by atoms with Crippen LogP contribution < -0.4 is 16.2 Å². The Hall–Kier alpha value is -1.83. The summed E-state index contributed by atoms with van der Waals surface area (Å²) in [6.45, 7) is 3.86. The number of carbonyl (C=O) groups excluding carboxylic acids is 1. The number of anilines is 1. The van der Waals surface area contributed by atoms with Crippen LogP contribution in [0.25, 0.3) is 0 Å². The fourth-order valence-electron chi connectivity index (χ4n) is 2.09. The molecule has 0 aliphatic rings. The largest absolute Gasteiger partial charge is 0.330 e. The van der Waals surface area contributed by atoms with Crippen LogP contribution in [0.5, 0.6) is 0 Å². The van der Waals surface area contributed by atoms with Gasteiger partial charge in [0.25, 0.3) is 0 Å². The van der Waals surface area contributed by atoms with Crippen LogP contribution in [-0.4, -0.2) is 16.8 Å². The third-order valence-corrected chi connectivity index (χ3v) is 4.73. The fraction of sp³-hybridized carbons (Fsp3) is 0.176. The third-order valence-electron chi connectivity index (χ3n) is 3.18. The molecule has 0 saturated carbocycles. The van der Waals surface area contributed by atoms with E-state index in [1.807, 2.05) is 26.0 Å². The van der Waals surface area contributed by atoms with Crippen LogP contribution in [0.1, 0.15) is 11.1 Å². The molecule has 0 fully saturated rings. The SMILES string of the molecule is Cc1cc(C)c(NC(=S)NNC(=O)CSc2ccccc2F)c(Cl)c1. The Labute approximate surface area is 160 Å². The van der Waals surface area contributed by atoms with E-state index in [9.17, 15) is 9.18 Å². The average Bonchev–Trinajstić information content (AvgIpc) is 2.55. The summed E-state index contributed by atoms with van der Waals surface area (Å²) in [5.74, 6) is -0.625. The van der Waals surface area contributed by atoms with Crippen molar-refractivity contribution in [3.05, 3.63) is 58.4 Å². The van der Waals surface area contributed by atoms with Crippen molar-refractivity contribution in [3.63, 3.8) is 0 Å². The van der Waals surface area contributed by atoms with Crippen LogP contribution >= 0.6 is 35.6 Å². The lowest BCUT2D eigenvalue weighted by Crippen LogP contribution is -2.44. The van der Waals surface area contributed by atoms with Crippen LogP contribution in [0, 0.1) is 19.7 Å². The zero-order valence-electron chi connectivity index (χ0n) is 13.7. The molecule has 0 radical (unpaired) electrons. The molecule has 0 aromatic heterocycles. The van der Waals surface area contributed by atoms with Gasteiger partial charge in [0.1, 0.15) is 5.82 Å². The van der Waals surface area contributed by atoms with E-state index in [0.717, 1.165) is 22.9 Å². The van der Waals surface area contributed by atoms with Crippen molar-refractivity contribution in [2.75, 3.05) is 11.1 Å². The van der Waals surface area contributed by atoms with E-state index in [1.54, 1.807) is 18.2 Å². The monoisotopic (exact) mass is 397 g/mol. The van der Waals surface area contributed by atoms with E-state index in [4.69, 9.17) is 23.8 Å². The first-order valence-corrected chi connectivity index (χ1v) is 9.14. The number of hydrogen-bond acceptors (Lipinski definition) is 3. The first kappa shape index (κ1) is 19.5. The summed E-state index contributed by atoms with van der Waals surface area (Å²) in [5.41, 5.74) is 7.74. The molecule has 0 spiro atoms. The molecular weight excluding hydrogens is 381 g/mol. The van der Waals surface area contributed by atoms with E-state index in [2.05, 4.69) is 16.2 Å². The van der Waals surface area contributed by atoms with Gasteiger partial charge in [-0.25, -0.2) is 4.39 Å². The van der Waals surface area contributed by atoms with Crippen molar-refractivity contribution in [1.82, 2.24) is 10.9 Å². The molecule has 0 aliphatic carbocycles. The van der Waals surface area contributed by atoms with Gasteiger partial charge in [-0.2, -0.15) is 0 Å².